The summed E-state index contributed by atoms with van der Waals surface area (Å²) >= 11 is 0. The molecule has 1 amide bonds. The molecule has 1 rings (SSSR count). The second kappa shape index (κ2) is 4.59. The highest BCUT2D eigenvalue weighted by atomic mass is 16.4. The topological polar surface area (TPSA) is 84.2 Å². The molecule has 0 saturated heterocycles. The number of hydrogen-bond donors (Lipinski definition) is 2. The molecule has 1 aromatic heterocycles. The standard InChI is InChI=1S/C9H13N3O3/c1-6-7(5-12(2)11-6)4-10-8(13)3-9(14)15/h5H,3-4H2,1-2H3,(H,10,13)(H,14,15). The number of carbonyl (C=O) groups is 2. The van der Waals surface area contributed by atoms with E-state index in [9.17, 15) is 9.59 Å². The Morgan fingerprint density at radius 1 is 1.60 bits per heavy atom. The lowest BCUT2D eigenvalue weighted by atomic mass is 10.2. The highest BCUT2D eigenvalue weighted by Gasteiger charge is 2.08. The van der Waals surface area contributed by atoms with E-state index < -0.39 is 18.3 Å². The summed E-state index contributed by atoms with van der Waals surface area (Å²) < 4.78 is 1.65. The van der Waals surface area contributed by atoms with Crippen molar-refractivity contribution in [3.63, 3.8) is 0 Å². The molecule has 0 saturated carbocycles. The summed E-state index contributed by atoms with van der Waals surface area (Å²) in [6.07, 6.45) is 1.29. The number of hydrogen-bond acceptors (Lipinski definition) is 3. The number of aromatic nitrogens is 2. The van der Waals surface area contributed by atoms with Crippen molar-refractivity contribution in [1.82, 2.24) is 15.1 Å². The molecule has 0 bridgehead atoms. The van der Waals surface area contributed by atoms with Crippen LogP contribution in [0.25, 0.3) is 0 Å². The fraction of sp³-hybridized carbons (Fsp3) is 0.444. The molecule has 6 nitrogen and oxygen atoms in total. The van der Waals surface area contributed by atoms with Crippen molar-refractivity contribution >= 4 is 11.9 Å². The van der Waals surface area contributed by atoms with Crippen LogP contribution in [0, 0.1) is 6.92 Å². The van der Waals surface area contributed by atoms with Gasteiger partial charge in [-0.2, -0.15) is 5.10 Å². The fourth-order valence-corrected chi connectivity index (χ4v) is 1.22. The second-order valence-electron chi connectivity index (χ2n) is 3.26. The van der Waals surface area contributed by atoms with E-state index in [1.807, 2.05) is 6.92 Å². The van der Waals surface area contributed by atoms with Crippen LogP contribution in [0.1, 0.15) is 17.7 Å². The minimum absolute atomic E-state index is 0.311. The van der Waals surface area contributed by atoms with Crippen LogP contribution in [-0.2, 0) is 23.2 Å². The highest BCUT2D eigenvalue weighted by molar-refractivity contribution is 5.93. The molecule has 0 fully saturated rings. The van der Waals surface area contributed by atoms with Crippen molar-refractivity contribution in [3.8, 4) is 0 Å². The van der Waals surface area contributed by atoms with E-state index in [1.54, 1.807) is 17.9 Å². The van der Waals surface area contributed by atoms with Gasteiger partial charge in [0.2, 0.25) is 5.91 Å². The van der Waals surface area contributed by atoms with E-state index in [0.29, 0.717) is 6.54 Å². The molecule has 0 aliphatic rings. The summed E-state index contributed by atoms with van der Waals surface area (Å²) in [5, 5.41) is 15.0. The number of nitrogens with zero attached hydrogens (tertiary/aromatic N) is 2. The maximum Gasteiger partial charge on any atom is 0.312 e. The maximum absolute atomic E-state index is 11.0. The largest absolute Gasteiger partial charge is 0.481 e. The van der Waals surface area contributed by atoms with Crippen LogP contribution < -0.4 is 5.32 Å². The van der Waals surface area contributed by atoms with E-state index in [1.165, 1.54) is 0 Å². The summed E-state index contributed by atoms with van der Waals surface area (Å²) in [5.74, 6) is -1.62. The van der Waals surface area contributed by atoms with E-state index in [0.717, 1.165) is 11.3 Å². The van der Waals surface area contributed by atoms with Crippen LogP contribution in [-0.4, -0.2) is 26.8 Å². The van der Waals surface area contributed by atoms with Gasteiger partial charge in [-0.25, -0.2) is 0 Å². The zero-order valence-corrected chi connectivity index (χ0v) is 8.65. The monoisotopic (exact) mass is 211 g/mol. The Morgan fingerprint density at radius 3 is 2.73 bits per heavy atom. The predicted octanol–water partition coefficient (Wildman–Crippen LogP) is -0.181. The van der Waals surface area contributed by atoms with E-state index >= 15 is 0 Å². The number of carboxylic acid groups (broad SMARTS) is 1. The minimum atomic E-state index is -1.13. The number of carbonyl (C=O) groups excluding carboxylic acids is 1. The zero-order valence-electron chi connectivity index (χ0n) is 8.65. The van der Waals surface area contributed by atoms with E-state index in [2.05, 4.69) is 10.4 Å². The van der Waals surface area contributed by atoms with Gasteiger partial charge in [-0.05, 0) is 6.92 Å². The van der Waals surface area contributed by atoms with Crippen molar-refractivity contribution in [2.24, 2.45) is 7.05 Å². The lowest BCUT2D eigenvalue weighted by molar-refractivity contribution is -0.140. The van der Waals surface area contributed by atoms with Crippen molar-refractivity contribution in [2.75, 3.05) is 0 Å². The normalized spacial score (nSPS) is 10.0. The number of aryl methyl sites for hydroxylation is 2. The number of nitrogens with one attached hydrogen (secondary N) is 1. The summed E-state index contributed by atoms with van der Waals surface area (Å²) in [6.45, 7) is 2.14. The first-order chi connectivity index (χ1) is 6.99. The zero-order chi connectivity index (χ0) is 11.4. The third kappa shape index (κ3) is 3.41. The SMILES string of the molecule is Cc1nn(C)cc1CNC(=O)CC(=O)O. The van der Waals surface area contributed by atoms with Gasteiger partial charge < -0.3 is 10.4 Å². The minimum Gasteiger partial charge on any atom is -0.481 e. The van der Waals surface area contributed by atoms with Gasteiger partial charge in [0.1, 0.15) is 6.42 Å². The molecule has 0 aliphatic heterocycles. The van der Waals surface area contributed by atoms with Crippen molar-refractivity contribution < 1.29 is 14.7 Å². The Labute approximate surface area is 86.9 Å². The van der Waals surface area contributed by atoms with Crippen molar-refractivity contribution in [2.45, 2.75) is 19.9 Å². The van der Waals surface area contributed by atoms with Crippen LogP contribution in [0.3, 0.4) is 0 Å². The number of amides is 1. The van der Waals surface area contributed by atoms with Gasteiger partial charge in [0.25, 0.3) is 0 Å². The summed E-state index contributed by atoms with van der Waals surface area (Å²) in [7, 11) is 1.79. The Hall–Kier alpha value is -1.85. The van der Waals surface area contributed by atoms with Crippen LogP contribution in [0.15, 0.2) is 6.20 Å². The lowest BCUT2D eigenvalue weighted by Gasteiger charge is -2.01. The average Bonchev–Trinajstić information content (AvgIpc) is 2.40. The van der Waals surface area contributed by atoms with Gasteiger partial charge in [0.15, 0.2) is 0 Å². The van der Waals surface area contributed by atoms with Gasteiger partial charge in [-0.15, -0.1) is 0 Å². The van der Waals surface area contributed by atoms with Gasteiger partial charge in [-0.1, -0.05) is 0 Å². The summed E-state index contributed by atoms with van der Waals surface area (Å²) in [5.41, 5.74) is 1.71. The molecule has 1 aromatic rings. The first-order valence-corrected chi connectivity index (χ1v) is 4.46. The van der Waals surface area contributed by atoms with Gasteiger partial charge in [0, 0.05) is 25.4 Å². The number of carboxylic acids is 1. The van der Waals surface area contributed by atoms with Gasteiger partial charge in [-0.3, -0.25) is 14.3 Å². The van der Waals surface area contributed by atoms with Gasteiger partial charge in [0.05, 0.1) is 5.69 Å². The maximum atomic E-state index is 11.0. The first-order valence-electron chi connectivity index (χ1n) is 4.46. The molecule has 0 spiro atoms. The number of rotatable bonds is 4. The molecule has 15 heavy (non-hydrogen) atoms. The molecule has 0 atom stereocenters. The highest BCUT2D eigenvalue weighted by Crippen LogP contribution is 2.03. The Bertz CT molecular complexity index is 384. The van der Waals surface area contributed by atoms with Crippen LogP contribution >= 0.6 is 0 Å². The third-order valence-electron chi connectivity index (χ3n) is 1.90. The van der Waals surface area contributed by atoms with E-state index in [4.69, 9.17) is 5.11 Å². The van der Waals surface area contributed by atoms with Gasteiger partial charge >= 0.3 is 5.97 Å². The predicted molar refractivity (Wildman–Crippen MR) is 52.0 cm³/mol. The molecular formula is C9H13N3O3. The Morgan fingerprint density at radius 2 is 2.27 bits per heavy atom. The lowest BCUT2D eigenvalue weighted by Crippen LogP contribution is -2.25. The summed E-state index contributed by atoms with van der Waals surface area (Å²) in [6, 6.07) is 0. The third-order valence-corrected chi connectivity index (χ3v) is 1.90. The van der Waals surface area contributed by atoms with Crippen molar-refractivity contribution in [3.05, 3.63) is 17.5 Å². The van der Waals surface area contributed by atoms with Crippen LogP contribution in [0.2, 0.25) is 0 Å². The van der Waals surface area contributed by atoms with Crippen LogP contribution in [0.4, 0.5) is 0 Å². The van der Waals surface area contributed by atoms with Crippen LogP contribution in [0.5, 0.6) is 0 Å². The Balaban J connectivity index is 2.47. The second-order valence-corrected chi connectivity index (χ2v) is 3.26. The number of aliphatic carboxylic acids is 1. The molecule has 82 valence electrons. The molecule has 0 aromatic carbocycles. The quantitative estimate of drug-likeness (QED) is 0.676. The first kappa shape index (κ1) is 11.2. The average molecular weight is 211 g/mol. The Kier molecular flexibility index (Phi) is 3.43. The molecule has 2 N–H and O–H groups in total. The fourth-order valence-electron chi connectivity index (χ4n) is 1.22. The van der Waals surface area contributed by atoms with Crippen molar-refractivity contribution in [1.29, 1.82) is 0 Å². The molecule has 1 heterocycles. The molecule has 0 aliphatic carbocycles. The molecule has 6 heteroatoms. The molecular weight excluding hydrogens is 198 g/mol. The molecule has 0 radical (unpaired) electrons. The smallest absolute Gasteiger partial charge is 0.312 e. The summed E-state index contributed by atoms with van der Waals surface area (Å²) in [4.78, 5) is 21.2. The molecule has 0 unspecified atom stereocenters. The van der Waals surface area contributed by atoms with E-state index in [-0.39, 0.29) is 0 Å².